The summed E-state index contributed by atoms with van der Waals surface area (Å²) in [5.74, 6) is 0.537. The summed E-state index contributed by atoms with van der Waals surface area (Å²) < 4.78 is 28.9. The van der Waals surface area contributed by atoms with Crippen molar-refractivity contribution >= 4 is 30.5 Å². The fourth-order valence-electron chi connectivity index (χ4n) is 2.46. The first-order chi connectivity index (χ1) is 12.9. The molecule has 0 aliphatic rings. The fourth-order valence-corrected chi connectivity index (χ4v) is 3.67. The highest BCUT2D eigenvalue weighted by Gasteiger charge is 2.34. The average Bonchev–Trinajstić information content (AvgIpc) is 3.12. The molecule has 0 amide bonds. The SMILES string of the molecule is COP(=O)(OC)c1nc(-c2ccc(Cl)cc2)oc1NCc1ccc(C)cc1. The van der Waals surface area contributed by atoms with E-state index in [4.69, 9.17) is 25.1 Å². The number of rotatable bonds is 7. The fraction of sp³-hybridized carbons (Fsp3) is 0.211. The van der Waals surface area contributed by atoms with Gasteiger partial charge in [0.1, 0.15) is 0 Å². The van der Waals surface area contributed by atoms with Gasteiger partial charge in [-0.05, 0) is 36.8 Å². The summed E-state index contributed by atoms with van der Waals surface area (Å²) in [4.78, 5) is 4.36. The van der Waals surface area contributed by atoms with E-state index in [1.807, 2.05) is 31.2 Å². The van der Waals surface area contributed by atoms with Crippen molar-refractivity contribution in [2.24, 2.45) is 0 Å². The molecule has 0 aliphatic carbocycles. The molecule has 2 aromatic carbocycles. The molecule has 6 nitrogen and oxygen atoms in total. The Morgan fingerprint density at radius 2 is 1.70 bits per heavy atom. The summed E-state index contributed by atoms with van der Waals surface area (Å²) >= 11 is 5.93. The summed E-state index contributed by atoms with van der Waals surface area (Å²) in [5.41, 5.74) is 3.01. The molecule has 0 spiro atoms. The monoisotopic (exact) mass is 406 g/mol. The van der Waals surface area contributed by atoms with Crippen LogP contribution in [-0.2, 0) is 20.2 Å². The second-order valence-corrected chi connectivity index (χ2v) is 8.47. The lowest BCUT2D eigenvalue weighted by Crippen LogP contribution is -2.14. The Bertz CT molecular complexity index is 947. The van der Waals surface area contributed by atoms with Gasteiger partial charge in [0.15, 0.2) is 0 Å². The zero-order valence-electron chi connectivity index (χ0n) is 15.2. The molecular formula is C19H20ClN2O4P. The molecule has 0 unspecified atom stereocenters. The normalized spacial score (nSPS) is 11.6. The van der Waals surface area contributed by atoms with Crippen molar-refractivity contribution in [2.45, 2.75) is 13.5 Å². The lowest BCUT2D eigenvalue weighted by Gasteiger charge is -2.12. The van der Waals surface area contributed by atoms with Gasteiger partial charge in [-0.1, -0.05) is 41.4 Å². The number of anilines is 1. The van der Waals surface area contributed by atoms with Gasteiger partial charge in [0, 0.05) is 31.4 Å². The second kappa shape index (κ2) is 8.28. The van der Waals surface area contributed by atoms with Crippen molar-refractivity contribution in [3.8, 4) is 11.5 Å². The zero-order chi connectivity index (χ0) is 19.4. The molecule has 1 heterocycles. The molecule has 0 radical (unpaired) electrons. The first kappa shape index (κ1) is 19.6. The molecule has 8 heteroatoms. The second-order valence-electron chi connectivity index (χ2n) is 5.88. The largest absolute Gasteiger partial charge is 0.420 e. The number of hydrogen-bond donors (Lipinski definition) is 1. The first-order valence-corrected chi connectivity index (χ1v) is 10.2. The van der Waals surface area contributed by atoms with Crippen LogP contribution in [0.15, 0.2) is 52.9 Å². The van der Waals surface area contributed by atoms with E-state index in [0.717, 1.165) is 5.56 Å². The minimum Gasteiger partial charge on any atom is -0.420 e. The molecule has 0 saturated heterocycles. The molecule has 1 N–H and O–H groups in total. The molecule has 0 aliphatic heterocycles. The van der Waals surface area contributed by atoms with Crippen LogP contribution >= 0.6 is 19.2 Å². The van der Waals surface area contributed by atoms with Crippen molar-refractivity contribution in [2.75, 3.05) is 19.5 Å². The van der Waals surface area contributed by atoms with Gasteiger partial charge in [-0.2, -0.15) is 4.98 Å². The van der Waals surface area contributed by atoms with Crippen LogP contribution in [0.2, 0.25) is 5.02 Å². The molecule has 27 heavy (non-hydrogen) atoms. The van der Waals surface area contributed by atoms with Crippen LogP contribution < -0.4 is 10.8 Å². The number of oxazole rings is 1. The zero-order valence-corrected chi connectivity index (χ0v) is 16.9. The molecule has 0 fully saturated rings. The summed E-state index contributed by atoms with van der Waals surface area (Å²) in [5, 5.41) is 3.74. The van der Waals surface area contributed by atoms with Crippen molar-refractivity contribution < 1.29 is 18.0 Å². The van der Waals surface area contributed by atoms with E-state index in [0.29, 0.717) is 23.0 Å². The lowest BCUT2D eigenvalue weighted by atomic mass is 10.1. The van der Waals surface area contributed by atoms with Crippen molar-refractivity contribution in [3.63, 3.8) is 0 Å². The highest BCUT2D eigenvalue weighted by Crippen LogP contribution is 2.47. The third kappa shape index (κ3) is 4.42. The Labute approximate surface area is 163 Å². The maximum atomic E-state index is 12.9. The number of halogens is 1. The quantitative estimate of drug-likeness (QED) is 0.555. The molecule has 3 rings (SSSR count). The highest BCUT2D eigenvalue weighted by molar-refractivity contribution is 7.62. The summed E-state index contributed by atoms with van der Waals surface area (Å²) in [6.45, 7) is 2.49. The highest BCUT2D eigenvalue weighted by atomic mass is 35.5. The number of nitrogens with zero attached hydrogens (tertiary/aromatic N) is 1. The summed E-state index contributed by atoms with van der Waals surface area (Å²) in [6, 6.07) is 15.0. The van der Waals surface area contributed by atoms with Crippen molar-refractivity contribution in [3.05, 3.63) is 64.7 Å². The molecule has 0 saturated carbocycles. The number of nitrogens with one attached hydrogen (secondary N) is 1. The van der Waals surface area contributed by atoms with E-state index < -0.39 is 7.60 Å². The Morgan fingerprint density at radius 1 is 1.07 bits per heavy atom. The number of benzene rings is 2. The van der Waals surface area contributed by atoms with Crippen LogP contribution in [-0.4, -0.2) is 19.2 Å². The maximum absolute atomic E-state index is 12.9. The Morgan fingerprint density at radius 3 is 2.30 bits per heavy atom. The van der Waals surface area contributed by atoms with Gasteiger partial charge in [-0.3, -0.25) is 4.57 Å². The number of hydrogen-bond acceptors (Lipinski definition) is 6. The minimum absolute atomic E-state index is 0.101. The van der Waals surface area contributed by atoms with Gasteiger partial charge in [-0.15, -0.1) is 0 Å². The van der Waals surface area contributed by atoms with E-state index in [1.165, 1.54) is 19.8 Å². The average molecular weight is 407 g/mol. The minimum atomic E-state index is -3.60. The summed E-state index contributed by atoms with van der Waals surface area (Å²) in [7, 11) is -0.982. The predicted molar refractivity (Wildman–Crippen MR) is 107 cm³/mol. The predicted octanol–water partition coefficient (Wildman–Crippen LogP) is 5.03. The van der Waals surface area contributed by atoms with Gasteiger partial charge >= 0.3 is 7.60 Å². The number of aryl methyl sites for hydroxylation is 1. The third-order valence-electron chi connectivity index (χ3n) is 4.01. The topological polar surface area (TPSA) is 73.6 Å². The maximum Gasteiger partial charge on any atom is 0.384 e. The molecule has 0 bridgehead atoms. The molecular weight excluding hydrogens is 387 g/mol. The van der Waals surface area contributed by atoms with E-state index in [2.05, 4.69) is 10.3 Å². The molecule has 142 valence electrons. The summed E-state index contributed by atoms with van der Waals surface area (Å²) in [6.07, 6.45) is 0. The Hall–Kier alpha value is -2.11. The molecule has 1 aromatic heterocycles. The van der Waals surface area contributed by atoms with Gasteiger partial charge in [-0.25, -0.2) is 0 Å². The van der Waals surface area contributed by atoms with Gasteiger partial charge in [0.05, 0.1) is 0 Å². The van der Waals surface area contributed by atoms with Crippen LogP contribution in [0.1, 0.15) is 11.1 Å². The molecule has 0 atom stereocenters. The number of aromatic nitrogens is 1. The molecule has 3 aromatic rings. The van der Waals surface area contributed by atoms with E-state index >= 15 is 0 Å². The van der Waals surface area contributed by atoms with Crippen LogP contribution in [0.25, 0.3) is 11.5 Å². The van der Waals surface area contributed by atoms with Crippen LogP contribution in [0, 0.1) is 6.92 Å². The smallest absolute Gasteiger partial charge is 0.384 e. The lowest BCUT2D eigenvalue weighted by molar-refractivity contribution is 0.286. The van der Waals surface area contributed by atoms with Crippen molar-refractivity contribution in [1.29, 1.82) is 0 Å². The van der Waals surface area contributed by atoms with E-state index in [-0.39, 0.29) is 11.3 Å². The van der Waals surface area contributed by atoms with Gasteiger partial charge < -0.3 is 18.8 Å². The van der Waals surface area contributed by atoms with Gasteiger partial charge in [0.2, 0.25) is 17.2 Å². The van der Waals surface area contributed by atoms with Crippen LogP contribution in [0.5, 0.6) is 0 Å². The Balaban J connectivity index is 1.95. The van der Waals surface area contributed by atoms with Crippen molar-refractivity contribution in [1.82, 2.24) is 4.98 Å². The standard InChI is InChI=1S/C19H20ClN2O4P/c1-13-4-6-14(7-5-13)12-21-18-19(27(23,24-2)25-3)22-17(26-18)15-8-10-16(20)11-9-15/h4-11,21H,12H2,1-3H3. The first-order valence-electron chi connectivity index (χ1n) is 8.23. The van der Waals surface area contributed by atoms with E-state index in [1.54, 1.807) is 24.3 Å². The van der Waals surface area contributed by atoms with E-state index in [9.17, 15) is 4.57 Å². The Kier molecular flexibility index (Phi) is 6.02. The van der Waals surface area contributed by atoms with Crippen LogP contribution in [0.3, 0.4) is 0 Å². The van der Waals surface area contributed by atoms with Crippen LogP contribution in [0.4, 0.5) is 5.88 Å². The third-order valence-corrected chi connectivity index (χ3v) is 6.05. The van der Waals surface area contributed by atoms with Gasteiger partial charge in [0.25, 0.3) is 0 Å².